The lowest BCUT2D eigenvalue weighted by Gasteiger charge is -2.04. The average Bonchev–Trinajstić information content (AvgIpc) is 2.31. The van der Waals surface area contributed by atoms with E-state index in [0.717, 1.165) is 16.7 Å². The molecule has 0 aliphatic carbocycles. The fourth-order valence-corrected chi connectivity index (χ4v) is 1.52. The van der Waals surface area contributed by atoms with Crippen molar-refractivity contribution in [1.82, 2.24) is 9.97 Å². The molecule has 0 unspecified atom stereocenters. The molecule has 2 rings (SSSR count). The Morgan fingerprint density at radius 2 is 2.00 bits per heavy atom. The van der Waals surface area contributed by atoms with Gasteiger partial charge in [0, 0.05) is 24.2 Å². The molecule has 0 bridgehead atoms. The maximum atomic E-state index is 9.00. The summed E-state index contributed by atoms with van der Waals surface area (Å²) in [6.45, 7) is -0.0394. The van der Waals surface area contributed by atoms with Gasteiger partial charge in [-0.3, -0.25) is 4.98 Å². The molecule has 0 saturated carbocycles. The lowest BCUT2D eigenvalue weighted by Crippen LogP contribution is -1.89. The highest BCUT2D eigenvalue weighted by atomic mass is 35.5. The number of aliphatic hydroxyl groups excluding tert-OH is 1. The third-order valence-corrected chi connectivity index (χ3v) is 2.37. The summed E-state index contributed by atoms with van der Waals surface area (Å²) in [5.41, 5.74) is 2.50. The Kier molecular flexibility index (Phi) is 2.94. The van der Waals surface area contributed by atoms with Crippen molar-refractivity contribution in [2.75, 3.05) is 0 Å². The second-order valence-electron chi connectivity index (χ2n) is 3.08. The largest absolute Gasteiger partial charge is 0.392 e. The van der Waals surface area contributed by atoms with E-state index in [4.69, 9.17) is 16.7 Å². The summed E-state index contributed by atoms with van der Waals surface area (Å²) in [7, 11) is 0. The molecule has 0 spiro atoms. The van der Waals surface area contributed by atoms with Gasteiger partial charge in [-0.2, -0.15) is 0 Å². The standard InChI is InChI=1S/C11H9ClN2O/c12-11-10(5-8(7-15)6-14-11)9-1-3-13-4-2-9/h1-6,15H,7H2. The Morgan fingerprint density at radius 3 is 2.67 bits per heavy atom. The van der Waals surface area contributed by atoms with Crippen LogP contribution in [0.15, 0.2) is 36.8 Å². The number of hydrogen-bond donors (Lipinski definition) is 1. The Hall–Kier alpha value is -1.45. The predicted molar refractivity (Wildman–Crippen MR) is 58.4 cm³/mol. The van der Waals surface area contributed by atoms with Crippen molar-refractivity contribution in [2.45, 2.75) is 6.61 Å². The first-order chi connectivity index (χ1) is 7.31. The fraction of sp³-hybridized carbons (Fsp3) is 0.0909. The lowest BCUT2D eigenvalue weighted by molar-refractivity contribution is 0.281. The van der Waals surface area contributed by atoms with Crippen molar-refractivity contribution >= 4 is 11.6 Å². The van der Waals surface area contributed by atoms with Crippen molar-refractivity contribution < 1.29 is 5.11 Å². The van der Waals surface area contributed by atoms with E-state index in [9.17, 15) is 0 Å². The number of aliphatic hydroxyl groups is 1. The van der Waals surface area contributed by atoms with E-state index in [-0.39, 0.29) is 6.61 Å². The summed E-state index contributed by atoms with van der Waals surface area (Å²) < 4.78 is 0. The summed E-state index contributed by atoms with van der Waals surface area (Å²) in [5.74, 6) is 0. The smallest absolute Gasteiger partial charge is 0.136 e. The average molecular weight is 221 g/mol. The van der Waals surface area contributed by atoms with Gasteiger partial charge in [-0.05, 0) is 29.3 Å². The van der Waals surface area contributed by atoms with Crippen LogP contribution in [0.2, 0.25) is 5.15 Å². The first-order valence-corrected chi connectivity index (χ1v) is 4.84. The summed E-state index contributed by atoms with van der Waals surface area (Å²) in [6.07, 6.45) is 4.95. The topological polar surface area (TPSA) is 46.0 Å². The van der Waals surface area contributed by atoms with Crippen LogP contribution in [0.5, 0.6) is 0 Å². The molecular formula is C11H9ClN2O. The van der Waals surface area contributed by atoms with Gasteiger partial charge in [0.05, 0.1) is 6.61 Å². The molecule has 4 heteroatoms. The Bertz CT molecular complexity index is 459. The second kappa shape index (κ2) is 4.38. The number of hydrogen-bond acceptors (Lipinski definition) is 3. The third kappa shape index (κ3) is 2.14. The lowest BCUT2D eigenvalue weighted by atomic mass is 10.1. The van der Waals surface area contributed by atoms with Crippen molar-refractivity contribution in [3.05, 3.63) is 47.5 Å². The van der Waals surface area contributed by atoms with Gasteiger partial charge >= 0.3 is 0 Å². The van der Waals surface area contributed by atoms with Gasteiger partial charge < -0.3 is 5.11 Å². The molecular weight excluding hydrogens is 212 g/mol. The quantitative estimate of drug-likeness (QED) is 0.790. The molecule has 0 saturated heterocycles. The SMILES string of the molecule is OCc1cnc(Cl)c(-c2ccncc2)c1. The van der Waals surface area contributed by atoms with Crippen LogP contribution in [0.25, 0.3) is 11.1 Å². The van der Waals surface area contributed by atoms with Gasteiger partial charge in [0.25, 0.3) is 0 Å². The predicted octanol–water partition coefficient (Wildman–Crippen LogP) is 2.29. The molecule has 76 valence electrons. The minimum atomic E-state index is -0.0394. The summed E-state index contributed by atoms with van der Waals surface area (Å²) in [4.78, 5) is 7.94. The first kappa shape index (κ1) is 10.1. The van der Waals surface area contributed by atoms with E-state index < -0.39 is 0 Å². The molecule has 0 atom stereocenters. The van der Waals surface area contributed by atoms with Crippen LogP contribution >= 0.6 is 11.6 Å². The maximum Gasteiger partial charge on any atom is 0.136 e. The summed E-state index contributed by atoms with van der Waals surface area (Å²) in [5, 5.41) is 9.43. The molecule has 0 aliphatic rings. The molecule has 0 aromatic carbocycles. The van der Waals surface area contributed by atoms with Crippen LogP contribution in [0, 0.1) is 0 Å². The van der Waals surface area contributed by atoms with Crippen LogP contribution in [0.1, 0.15) is 5.56 Å². The summed E-state index contributed by atoms with van der Waals surface area (Å²) in [6, 6.07) is 5.53. The highest BCUT2D eigenvalue weighted by Gasteiger charge is 2.05. The first-order valence-electron chi connectivity index (χ1n) is 4.47. The number of halogens is 1. The van der Waals surface area contributed by atoms with E-state index in [1.54, 1.807) is 18.6 Å². The molecule has 2 aromatic rings. The van der Waals surface area contributed by atoms with Gasteiger partial charge in [-0.1, -0.05) is 11.6 Å². The van der Waals surface area contributed by atoms with Crippen molar-refractivity contribution in [3.8, 4) is 11.1 Å². The minimum Gasteiger partial charge on any atom is -0.392 e. The van der Waals surface area contributed by atoms with Gasteiger partial charge in [0.15, 0.2) is 0 Å². The molecule has 0 amide bonds. The highest BCUT2D eigenvalue weighted by Crippen LogP contribution is 2.26. The fourth-order valence-electron chi connectivity index (χ4n) is 1.31. The normalized spacial score (nSPS) is 10.3. The molecule has 2 heterocycles. The summed E-state index contributed by atoms with van der Waals surface area (Å²) >= 11 is 5.97. The number of rotatable bonds is 2. The molecule has 15 heavy (non-hydrogen) atoms. The van der Waals surface area contributed by atoms with E-state index in [0.29, 0.717) is 5.15 Å². The third-order valence-electron chi connectivity index (χ3n) is 2.07. The molecule has 2 aromatic heterocycles. The van der Waals surface area contributed by atoms with Crippen LogP contribution < -0.4 is 0 Å². The zero-order valence-electron chi connectivity index (χ0n) is 7.89. The van der Waals surface area contributed by atoms with E-state index in [1.165, 1.54) is 0 Å². The molecule has 0 radical (unpaired) electrons. The van der Waals surface area contributed by atoms with Gasteiger partial charge in [-0.25, -0.2) is 4.98 Å². The van der Waals surface area contributed by atoms with Crippen LogP contribution in [0.4, 0.5) is 0 Å². The number of pyridine rings is 2. The molecule has 0 fully saturated rings. The van der Waals surface area contributed by atoms with Gasteiger partial charge in [-0.15, -0.1) is 0 Å². The molecule has 3 nitrogen and oxygen atoms in total. The zero-order chi connectivity index (χ0) is 10.7. The van der Waals surface area contributed by atoms with Crippen molar-refractivity contribution in [3.63, 3.8) is 0 Å². The Labute approximate surface area is 92.4 Å². The van der Waals surface area contributed by atoms with E-state index in [1.807, 2.05) is 18.2 Å². The van der Waals surface area contributed by atoms with Crippen molar-refractivity contribution in [2.24, 2.45) is 0 Å². The van der Waals surface area contributed by atoms with Crippen LogP contribution in [-0.2, 0) is 6.61 Å². The highest BCUT2D eigenvalue weighted by molar-refractivity contribution is 6.32. The maximum absolute atomic E-state index is 9.00. The number of nitrogens with zero attached hydrogens (tertiary/aromatic N) is 2. The molecule has 0 aliphatic heterocycles. The van der Waals surface area contributed by atoms with Crippen LogP contribution in [-0.4, -0.2) is 15.1 Å². The Balaban J connectivity index is 2.52. The van der Waals surface area contributed by atoms with Crippen LogP contribution in [0.3, 0.4) is 0 Å². The van der Waals surface area contributed by atoms with Gasteiger partial charge in [0.2, 0.25) is 0 Å². The van der Waals surface area contributed by atoms with E-state index >= 15 is 0 Å². The Morgan fingerprint density at radius 1 is 1.27 bits per heavy atom. The van der Waals surface area contributed by atoms with E-state index in [2.05, 4.69) is 9.97 Å². The zero-order valence-corrected chi connectivity index (χ0v) is 8.65. The second-order valence-corrected chi connectivity index (χ2v) is 3.43. The number of aromatic nitrogens is 2. The monoisotopic (exact) mass is 220 g/mol. The van der Waals surface area contributed by atoms with Gasteiger partial charge in [0.1, 0.15) is 5.15 Å². The molecule has 1 N–H and O–H groups in total. The minimum absolute atomic E-state index is 0.0394. The van der Waals surface area contributed by atoms with Crippen molar-refractivity contribution in [1.29, 1.82) is 0 Å².